The van der Waals surface area contributed by atoms with Gasteiger partial charge in [0.15, 0.2) is 0 Å². The van der Waals surface area contributed by atoms with Crippen LogP contribution in [0.15, 0.2) is 0 Å². The molecule has 0 saturated carbocycles. The van der Waals surface area contributed by atoms with Crippen molar-refractivity contribution in [1.82, 2.24) is 0 Å². The van der Waals surface area contributed by atoms with E-state index in [0.29, 0.717) is 12.8 Å². The standard InChI is InChI=1S/C9H15F3O3/c1-2-3-7(8(13)14)4-5-15-6-9(10,11)12/h7H,2-6H2,1H3,(H,13,14). The van der Waals surface area contributed by atoms with Gasteiger partial charge in [-0.2, -0.15) is 13.2 Å². The molecule has 90 valence electrons. The Balaban J connectivity index is 3.67. The van der Waals surface area contributed by atoms with Gasteiger partial charge in [-0.1, -0.05) is 13.3 Å². The second-order valence-corrected chi connectivity index (χ2v) is 3.28. The SMILES string of the molecule is CCCC(CCOCC(F)(F)F)C(=O)O. The van der Waals surface area contributed by atoms with E-state index in [4.69, 9.17) is 5.11 Å². The van der Waals surface area contributed by atoms with Crippen LogP contribution in [0.4, 0.5) is 13.2 Å². The Kier molecular flexibility index (Phi) is 6.31. The first-order valence-corrected chi connectivity index (χ1v) is 4.74. The predicted molar refractivity (Wildman–Crippen MR) is 47.5 cm³/mol. The molecule has 0 heterocycles. The highest BCUT2D eigenvalue weighted by molar-refractivity contribution is 5.69. The van der Waals surface area contributed by atoms with Crippen molar-refractivity contribution in [2.75, 3.05) is 13.2 Å². The molecule has 0 spiro atoms. The average molecular weight is 228 g/mol. The Hall–Kier alpha value is -0.780. The van der Waals surface area contributed by atoms with Gasteiger partial charge >= 0.3 is 12.1 Å². The molecule has 0 aliphatic heterocycles. The first-order valence-electron chi connectivity index (χ1n) is 4.74. The fourth-order valence-electron chi connectivity index (χ4n) is 1.15. The van der Waals surface area contributed by atoms with Crippen LogP contribution < -0.4 is 0 Å². The van der Waals surface area contributed by atoms with Crippen molar-refractivity contribution in [3.63, 3.8) is 0 Å². The van der Waals surface area contributed by atoms with Gasteiger partial charge < -0.3 is 9.84 Å². The van der Waals surface area contributed by atoms with Crippen molar-refractivity contribution in [3.05, 3.63) is 0 Å². The highest BCUT2D eigenvalue weighted by atomic mass is 19.4. The molecule has 1 atom stereocenters. The van der Waals surface area contributed by atoms with Gasteiger partial charge in [0.25, 0.3) is 0 Å². The summed E-state index contributed by atoms with van der Waals surface area (Å²) >= 11 is 0. The number of aliphatic carboxylic acids is 1. The zero-order valence-corrected chi connectivity index (χ0v) is 8.51. The first-order chi connectivity index (χ1) is 6.87. The zero-order valence-electron chi connectivity index (χ0n) is 8.51. The summed E-state index contributed by atoms with van der Waals surface area (Å²) in [7, 11) is 0. The Labute approximate surface area is 86.2 Å². The largest absolute Gasteiger partial charge is 0.481 e. The predicted octanol–water partition coefficient (Wildman–Crippen LogP) is 2.46. The Morgan fingerprint density at radius 3 is 2.40 bits per heavy atom. The van der Waals surface area contributed by atoms with Crippen LogP contribution in [0.3, 0.4) is 0 Å². The quantitative estimate of drug-likeness (QED) is 0.681. The maximum atomic E-state index is 11.6. The third-order valence-electron chi connectivity index (χ3n) is 1.86. The fourth-order valence-corrected chi connectivity index (χ4v) is 1.15. The molecule has 0 fully saturated rings. The van der Waals surface area contributed by atoms with Crippen LogP contribution in [0, 0.1) is 5.92 Å². The number of carboxylic acid groups (broad SMARTS) is 1. The van der Waals surface area contributed by atoms with E-state index in [1.54, 1.807) is 0 Å². The number of carbonyl (C=O) groups is 1. The number of ether oxygens (including phenoxy) is 1. The Bertz CT molecular complexity index is 192. The average Bonchev–Trinajstić information content (AvgIpc) is 2.08. The van der Waals surface area contributed by atoms with Crippen molar-refractivity contribution in [2.45, 2.75) is 32.4 Å². The van der Waals surface area contributed by atoms with E-state index in [1.165, 1.54) is 0 Å². The molecule has 0 amide bonds. The van der Waals surface area contributed by atoms with Crippen LogP contribution in [0.25, 0.3) is 0 Å². The lowest BCUT2D eigenvalue weighted by molar-refractivity contribution is -0.175. The van der Waals surface area contributed by atoms with Crippen LogP contribution >= 0.6 is 0 Å². The second kappa shape index (κ2) is 6.66. The molecule has 0 bridgehead atoms. The van der Waals surface area contributed by atoms with E-state index in [-0.39, 0.29) is 13.0 Å². The smallest absolute Gasteiger partial charge is 0.411 e. The van der Waals surface area contributed by atoms with E-state index < -0.39 is 24.7 Å². The molecular weight excluding hydrogens is 213 g/mol. The van der Waals surface area contributed by atoms with E-state index in [1.807, 2.05) is 6.92 Å². The fraction of sp³-hybridized carbons (Fsp3) is 0.889. The van der Waals surface area contributed by atoms with Gasteiger partial charge in [-0.05, 0) is 12.8 Å². The summed E-state index contributed by atoms with van der Waals surface area (Å²) in [5.74, 6) is -1.59. The number of rotatable bonds is 7. The summed E-state index contributed by atoms with van der Waals surface area (Å²) in [4.78, 5) is 10.6. The molecule has 0 saturated heterocycles. The van der Waals surface area contributed by atoms with Crippen molar-refractivity contribution in [3.8, 4) is 0 Å². The van der Waals surface area contributed by atoms with Crippen molar-refractivity contribution >= 4 is 5.97 Å². The first kappa shape index (κ1) is 14.2. The molecule has 0 aromatic rings. The molecule has 0 aliphatic rings. The second-order valence-electron chi connectivity index (χ2n) is 3.28. The molecule has 0 aromatic carbocycles. The number of halogens is 3. The minimum Gasteiger partial charge on any atom is -0.481 e. The summed E-state index contributed by atoms with van der Waals surface area (Å²) in [6.45, 7) is 0.342. The van der Waals surface area contributed by atoms with Gasteiger partial charge in [0, 0.05) is 6.61 Å². The molecule has 1 unspecified atom stereocenters. The van der Waals surface area contributed by atoms with Gasteiger partial charge in [0.05, 0.1) is 5.92 Å². The van der Waals surface area contributed by atoms with Crippen LogP contribution in [-0.4, -0.2) is 30.5 Å². The minimum absolute atomic E-state index is 0.124. The van der Waals surface area contributed by atoms with Crippen molar-refractivity contribution in [1.29, 1.82) is 0 Å². The summed E-state index contributed by atoms with van der Waals surface area (Å²) < 4.78 is 39.3. The normalized spacial score (nSPS) is 13.9. The van der Waals surface area contributed by atoms with E-state index in [0.717, 1.165) is 0 Å². The molecule has 3 nitrogen and oxygen atoms in total. The lowest BCUT2D eigenvalue weighted by Crippen LogP contribution is -2.20. The summed E-state index contributed by atoms with van der Waals surface area (Å²) in [6, 6.07) is 0. The van der Waals surface area contributed by atoms with Crippen LogP contribution in [0.5, 0.6) is 0 Å². The zero-order chi connectivity index (χ0) is 11.9. The van der Waals surface area contributed by atoms with Crippen LogP contribution in [0.1, 0.15) is 26.2 Å². The van der Waals surface area contributed by atoms with Gasteiger partial charge in [-0.3, -0.25) is 4.79 Å². The Morgan fingerprint density at radius 2 is 2.00 bits per heavy atom. The van der Waals surface area contributed by atoms with Crippen molar-refractivity contribution < 1.29 is 27.8 Å². The van der Waals surface area contributed by atoms with E-state index >= 15 is 0 Å². The van der Waals surface area contributed by atoms with Gasteiger partial charge in [0.1, 0.15) is 6.61 Å². The maximum Gasteiger partial charge on any atom is 0.411 e. The number of hydrogen-bond acceptors (Lipinski definition) is 2. The molecule has 0 aromatic heterocycles. The van der Waals surface area contributed by atoms with E-state index in [9.17, 15) is 18.0 Å². The summed E-state index contributed by atoms with van der Waals surface area (Å²) in [5, 5.41) is 8.69. The number of carboxylic acids is 1. The molecule has 15 heavy (non-hydrogen) atoms. The lowest BCUT2D eigenvalue weighted by atomic mass is 10.0. The minimum atomic E-state index is -4.34. The topological polar surface area (TPSA) is 46.5 Å². The van der Waals surface area contributed by atoms with Gasteiger partial charge in [-0.25, -0.2) is 0 Å². The highest BCUT2D eigenvalue weighted by Gasteiger charge is 2.27. The monoisotopic (exact) mass is 228 g/mol. The molecule has 1 N–H and O–H groups in total. The van der Waals surface area contributed by atoms with Crippen LogP contribution in [-0.2, 0) is 9.53 Å². The molecule has 0 aliphatic carbocycles. The molecule has 6 heteroatoms. The summed E-state index contributed by atoms with van der Waals surface area (Å²) in [5.41, 5.74) is 0. The third-order valence-corrected chi connectivity index (χ3v) is 1.86. The number of alkyl halides is 3. The lowest BCUT2D eigenvalue weighted by Gasteiger charge is -2.12. The molecule has 0 radical (unpaired) electrons. The van der Waals surface area contributed by atoms with Crippen molar-refractivity contribution in [2.24, 2.45) is 5.92 Å². The molecule has 0 rings (SSSR count). The molecular formula is C9H15F3O3. The van der Waals surface area contributed by atoms with Crippen LogP contribution in [0.2, 0.25) is 0 Å². The third kappa shape index (κ3) is 8.23. The summed E-state index contributed by atoms with van der Waals surface area (Å²) in [6.07, 6.45) is -3.07. The Morgan fingerprint density at radius 1 is 1.40 bits per heavy atom. The maximum absolute atomic E-state index is 11.6. The highest BCUT2D eigenvalue weighted by Crippen LogP contribution is 2.16. The number of hydrogen-bond donors (Lipinski definition) is 1. The van der Waals surface area contributed by atoms with E-state index in [2.05, 4.69) is 4.74 Å². The van der Waals surface area contributed by atoms with Gasteiger partial charge in [-0.15, -0.1) is 0 Å². The van der Waals surface area contributed by atoms with Gasteiger partial charge in [0.2, 0.25) is 0 Å².